The summed E-state index contributed by atoms with van der Waals surface area (Å²) in [5, 5.41) is 8.28. The summed E-state index contributed by atoms with van der Waals surface area (Å²) in [6.07, 6.45) is 5.17. The van der Waals surface area contributed by atoms with E-state index in [2.05, 4.69) is 0 Å². The van der Waals surface area contributed by atoms with Crippen LogP contribution in [0.1, 0.15) is 0 Å². The van der Waals surface area contributed by atoms with Crippen LogP contribution in [0, 0.1) is 0 Å². The van der Waals surface area contributed by atoms with E-state index >= 15 is 0 Å². The van der Waals surface area contributed by atoms with Crippen LogP contribution in [0.15, 0.2) is 12.2 Å². The van der Waals surface area contributed by atoms with Gasteiger partial charge in [-0.3, -0.25) is 4.79 Å². The van der Waals surface area contributed by atoms with E-state index in [4.69, 9.17) is 5.11 Å². The summed E-state index contributed by atoms with van der Waals surface area (Å²) in [7, 11) is 0. The van der Waals surface area contributed by atoms with Gasteiger partial charge in [-0.2, -0.15) is 11.8 Å². The number of thioether (sulfide) groups is 1. The minimum Gasteiger partial charge on any atom is -0.478 e. The zero-order valence-corrected chi connectivity index (χ0v) is 8.29. The third kappa shape index (κ3) is 7.39. The highest BCUT2D eigenvalue weighted by atomic mass is 32.2. The van der Waals surface area contributed by atoms with Gasteiger partial charge in [0.15, 0.2) is 0 Å². The van der Waals surface area contributed by atoms with E-state index in [0.717, 1.165) is 18.2 Å². The van der Waals surface area contributed by atoms with Crippen LogP contribution in [0.4, 0.5) is 0 Å². The van der Waals surface area contributed by atoms with Gasteiger partial charge in [0.2, 0.25) is 6.41 Å². The Bertz CT molecular complexity index is 194. The van der Waals surface area contributed by atoms with Crippen LogP contribution in [0.2, 0.25) is 0 Å². The lowest BCUT2D eigenvalue weighted by Gasteiger charge is -2.13. The normalized spacial score (nSPS) is 10.2. The van der Waals surface area contributed by atoms with Gasteiger partial charge < -0.3 is 10.0 Å². The van der Waals surface area contributed by atoms with E-state index in [-0.39, 0.29) is 0 Å². The zero-order valence-electron chi connectivity index (χ0n) is 7.47. The first-order valence-electron chi connectivity index (χ1n) is 3.78. The molecule has 0 radical (unpaired) electrons. The molecule has 0 spiro atoms. The van der Waals surface area contributed by atoms with Crippen molar-refractivity contribution in [2.24, 2.45) is 0 Å². The third-order valence-corrected chi connectivity index (χ3v) is 1.92. The van der Waals surface area contributed by atoms with Crippen molar-refractivity contribution in [3.63, 3.8) is 0 Å². The van der Waals surface area contributed by atoms with Gasteiger partial charge in [-0.1, -0.05) is 6.08 Å². The molecule has 13 heavy (non-hydrogen) atoms. The predicted octanol–water partition coefficient (Wildman–Crippen LogP) is 0.449. The summed E-state index contributed by atoms with van der Waals surface area (Å²) in [5.41, 5.74) is 0. The minimum absolute atomic E-state index is 0.358. The van der Waals surface area contributed by atoms with Crippen LogP contribution in [-0.2, 0) is 9.59 Å². The first kappa shape index (κ1) is 12.0. The number of hydrogen-bond donors (Lipinski definition) is 1. The average Bonchev–Trinajstić information content (AvgIpc) is 2.10. The van der Waals surface area contributed by atoms with E-state index in [1.807, 2.05) is 6.26 Å². The second-order valence-corrected chi connectivity index (χ2v) is 3.32. The molecule has 0 aromatic heterocycles. The van der Waals surface area contributed by atoms with Gasteiger partial charge in [-0.05, 0) is 6.26 Å². The van der Waals surface area contributed by atoms with Crippen molar-refractivity contribution in [2.75, 3.05) is 25.1 Å². The van der Waals surface area contributed by atoms with Crippen LogP contribution in [-0.4, -0.2) is 47.5 Å². The fourth-order valence-electron chi connectivity index (χ4n) is 0.684. The Balaban J connectivity index is 3.71. The molecule has 4 nitrogen and oxygen atoms in total. The Kier molecular flexibility index (Phi) is 7.10. The van der Waals surface area contributed by atoms with Gasteiger partial charge >= 0.3 is 5.97 Å². The molecule has 5 heteroatoms. The molecular formula is C8H13NO3S. The van der Waals surface area contributed by atoms with E-state index in [0.29, 0.717) is 13.1 Å². The van der Waals surface area contributed by atoms with Gasteiger partial charge in [0.25, 0.3) is 0 Å². The number of amides is 1. The number of hydrogen-bond acceptors (Lipinski definition) is 3. The lowest BCUT2D eigenvalue weighted by atomic mass is 10.4. The van der Waals surface area contributed by atoms with Crippen molar-refractivity contribution in [3.05, 3.63) is 12.2 Å². The highest BCUT2D eigenvalue weighted by Gasteiger charge is 1.97. The number of carbonyl (C=O) groups excluding carboxylic acids is 1. The molecule has 0 aromatic rings. The second-order valence-electron chi connectivity index (χ2n) is 2.33. The van der Waals surface area contributed by atoms with Crippen molar-refractivity contribution < 1.29 is 14.7 Å². The van der Waals surface area contributed by atoms with Crippen LogP contribution >= 0.6 is 11.8 Å². The molecule has 0 fully saturated rings. The summed E-state index contributed by atoms with van der Waals surface area (Å²) in [4.78, 5) is 22.0. The molecule has 0 saturated carbocycles. The number of aliphatic carboxylic acids is 1. The monoisotopic (exact) mass is 203 g/mol. The molecule has 0 unspecified atom stereocenters. The topological polar surface area (TPSA) is 57.6 Å². The van der Waals surface area contributed by atoms with E-state index < -0.39 is 5.97 Å². The first-order valence-corrected chi connectivity index (χ1v) is 5.18. The van der Waals surface area contributed by atoms with E-state index in [1.54, 1.807) is 11.8 Å². The Morgan fingerprint density at radius 3 is 2.77 bits per heavy atom. The van der Waals surface area contributed by atoms with Crippen LogP contribution < -0.4 is 0 Å². The van der Waals surface area contributed by atoms with Crippen molar-refractivity contribution >= 4 is 24.1 Å². The second kappa shape index (κ2) is 7.67. The van der Waals surface area contributed by atoms with Gasteiger partial charge in [0.1, 0.15) is 0 Å². The Morgan fingerprint density at radius 1 is 1.62 bits per heavy atom. The maximum Gasteiger partial charge on any atom is 0.328 e. The molecule has 1 amide bonds. The van der Waals surface area contributed by atoms with Crippen molar-refractivity contribution in [2.45, 2.75) is 0 Å². The van der Waals surface area contributed by atoms with Gasteiger partial charge in [-0.15, -0.1) is 0 Å². The predicted molar refractivity (Wildman–Crippen MR) is 52.8 cm³/mol. The SMILES string of the molecule is CSCCN(C=O)C/C=C/C(=O)O. The molecule has 0 aromatic carbocycles. The van der Waals surface area contributed by atoms with Crippen LogP contribution in [0.5, 0.6) is 0 Å². The summed E-state index contributed by atoms with van der Waals surface area (Å²) >= 11 is 1.64. The van der Waals surface area contributed by atoms with Crippen LogP contribution in [0.25, 0.3) is 0 Å². The van der Waals surface area contributed by atoms with E-state index in [1.165, 1.54) is 11.0 Å². The molecular weight excluding hydrogens is 190 g/mol. The highest BCUT2D eigenvalue weighted by molar-refractivity contribution is 7.98. The Hall–Kier alpha value is -0.970. The number of carboxylic acids is 1. The van der Waals surface area contributed by atoms with Crippen molar-refractivity contribution in [1.82, 2.24) is 4.90 Å². The number of carboxylic acid groups (broad SMARTS) is 1. The zero-order chi connectivity index (χ0) is 10.1. The molecule has 74 valence electrons. The molecule has 0 aliphatic carbocycles. The first-order chi connectivity index (χ1) is 6.20. The quantitative estimate of drug-likeness (QED) is 0.482. The van der Waals surface area contributed by atoms with Gasteiger partial charge in [-0.25, -0.2) is 4.79 Å². The van der Waals surface area contributed by atoms with Gasteiger partial charge in [0, 0.05) is 24.9 Å². The average molecular weight is 203 g/mol. The fraction of sp³-hybridized carbons (Fsp3) is 0.500. The molecule has 0 aliphatic heterocycles. The lowest BCUT2D eigenvalue weighted by molar-refractivity contribution is -0.131. The molecule has 1 N–H and O–H groups in total. The Labute approximate surface area is 81.6 Å². The van der Waals surface area contributed by atoms with Crippen molar-refractivity contribution in [3.8, 4) is 0 Å². The molecule has 0 heterocycles. The standard InChI is InChI=1S/C8H13NO3S/c1-13-6-5-9(7-10)4-2-3-8(11)12/h2-3,7H,4-6H2,1H3,(H,11,12)/b3-2+. The van der Waals surface area contributed by atoms with Crippen LogP contribution in [0.3, 0.4) is 0 Å². The minimum atomic E-state index is -0.990. The molecule has 0 rings (SSSR count). The summed E-state index contributed by atoms with van der Waals surface area (Å²) in [6, 6.07) is 0. The maximum absolute atomic E-state index is 10.4. The maximum atomic E-state index is 10.4. The molecule has 0 bridgehead atoms. The summed E-state index contributed by atoms with van der Waals surface area (Å²) < 4.78 is 0. The molecule has 0 atom stereocenters. The number of rotatable bonds is 7. The largest absolute Gasteiger partial charge is 0.478 e. The smallest absolute Gasteiger partial charge is 0.328 e. The van der Waals surface area contributed by atoms with Gasteiger partial charge in [0.05, 0.1) is 0 Å². The van der Waals surface area contributed by atoms with Crippen molar-refractivity contribution in [1.29, 1.82) is 0 Å². The molecule has 0 saturated heterocycles. The fourth-order valence-corrected chi connectivity index (χ4v) is 1.10. The Morgan fingerprint density at radius 2 is 2.31 bits per heavy atom. The summed E-state index contributed by atoms with van der Waals surface area (Å²) in [6.45, 7) is 1.00. The lowest BCUT2D eigenvalue weighted by Crippen LogP contribution is -2.24. The number of nitrogens with zero attached hydrogens (tertiary/aromatic N) is 1. The third-order valence-electron chi connectivity index (χ3n) is 1.33. The van der Waals surface area contributed by atoms with E-state index in [9.17, 15) is 9.59 Å². The number of carbonyl (C=O) groups is 2. The highest BCUT2D eigenvalue weighted by Crippen LogP contribution is 1.93. The summed E-state index contributed by atoms with van der Waals surface area (Å²) in [5.74, 6) is -0.129. The molecule has 0 aliphatic rings.